The number of thiocarbonyl (C=S) groups is 1. The predicted molar refractivity (Wildman–Crippen MR) is 172 cm³/mol. The van der Waals surface area contributed by atoms with Crippen LogP contribution in [0.2, 0.25) is 0 Å². The second-order valence-electron chi connectivity index (χ2n) is 12.9. The Morgan fingerprint density at radius 1 is 0.854 bits per heavy atom. The van der Waals surface area contributed by atoms with E-state index in [1.165, 1.54) is 69.2 Å². The molecule has 3 heterocycles. The predicted octanol–water partition coefficient (Wildman–Crippen LogP) is 6.73. The van der Waals surface area contributed by atoms with Crippen LogP contribution in [-0.4, -0.2) is 59.6 Å². The number of rotatable bonds is 8. The van der Waals surface area contributed by atoms with Crippen LogP contribution in [0.15, 0.2) is 54.6 Å². The highest BCUT2D eigenvalue weighted by Crippen LogP contribution is 2.37. The Bertz CT molecular complexity index is 1150. The van der Waals surface area contributed by atoms with E-state index in [2.05, 4.69) is 74.6 Å². The number of nitrogens with zero attached hydrogens (tertiary/aromatic N) is 3. The first-order valence-electron chi connectivity index (χ1n) is 16.4. The van der Waals surface area contributed by atoms with Gasteiger partial charge in [-0.2, -0.15) is 0 Å². The summed E-state index contributed by atoms with van der Waals surface area (Å²) in [7, 11) is 0. The molecule has 3 aliphatic heterocycles. The van der Waals surface area contributed by atoms with Gasteiger partial charge in [-0.05, 0) is 106 Å². The summed E-state index contributed by atoms with van der Waals surface area (Å²) in [6.45, 7) is 5.40. The lowest BCUT2D eigenvalue weighted by Crippen LogP contribution is -2.54. The van der Waals surface area contributed by atoms with Gasteiger partial charge in [0.15, 0.2) is 5.11 Å². The van der Waals surface area contributed by atoms with Crippen molar-refractivity contribution in [3.05, 3.63) is 65.7 Å². The van der Waals surface area contributed by atoms with Crippen LogP contribution in [0.25, 0.3) is 0 Å². The van der Waals surface area contributed by atoms with E-state index in [0.29, 0.717) is 11.8 Å². The van der Waals surface area contributed by atoms with Crippen LogP contribution in [-0.2, 0) is 11.2 Å². The molecule has 0 bridgehead atoms. The number of benzene rings is 2. The standard InChI is InChI=1S/C35H48N4OS/c40-34-30(17-10-21-37-22-11-23-37)26-29-16-8-9-18-32(29)39(34)31-19-24-38(25-20-31)35(41)36-33(28-14-6-3-7-15-28)27-12-4-1-2-5-13-27/h3,6-9,14-16,18,27,30-31,33H,1-2,4-5,10-13,17,19-26H2,(H,36,41). The molecule has 41 heavy (non-hydrogen) atoms. The number of nitrogens with one attached hydrogen (secondary N) is 1. The van der Waals surface area contributed by atoms with Crippen LogP contribution < -0.4 is 10.2 Å². The number of hydrogen-bond donors (Lipinski definition) is 1. The monoisotopic (exact) mass is 572 g/mol. The first-order chi connectivity index (χ1) is 20.2. The van der Waals surface area contributed by atoms with E-state index in [1.54, 1.807) is 0 Å². The molecule has 0 aromatic heterocycles. The fourth-order valence-electron chi connectivity index (χ4n) is 7.68. The lowest BCUT2D eigenvalue weighted by atomic mass is 9.86. The van der Waals surface area contributed by atoms with E-state index in [1.807, 2.05) is 0 Å². The fraction of sp³-hybridized carbons (Fsp3) is 0.600. The summed E-state index contributed by atoms with van der Waals surface area (Å²) in [4.78, 5) is 21.0. The molecule has 2 atom stereocenters. The van der Waals surface area contributed by atoms with Crippen LogP contribution in [0.3, 0.4) is 0 Å². The number of hydrogen-bond acceptors (Lipinski definition) is 3. The Hall–Kier alpha value is -2.44. The number of amides is 1. The first kappa shape index (κ1) is 28.7. The lowest BCUT2D eigenvalue weighted by molar-refractivity contribution is -0.123. The second kappa shape index (κ2) is 13.7. The van der Waals surface area contributed by atoms with E-state index >= 15 is 0 Å². The van der Waals surface area contributed by atoms with Gasteiger partial charge in [0.25, 0.3) is 0 Å². The van der Waals surface area contributed by atoms with E-state index < -0.39 is 0 Å². The summed E-state index contributed by atoms with van der Waals surface area (Å²) in [6, 6.07) is 20.1. The molecule has 5 nitrogen and oxygen atoms in total. The van der Waals surface area contributed by atoms with E-state index in [0.717, 1.165) is 62.5 Å². The number of para-hydroxylation sites is 1. The molecule has 220 valence electrons. The Kier molecular flexibility index (Phi) is 9.57. The third-order valence-corrected chi connectivity index (χ3v) is 10.6. The average Bonchev–Trinajstić information content (AvgIpc) is 3.27. The lowest BCUT2D eigenvalue weighted by Gasteiger charge is -2.44. The van der Waals surface area contributed by atoms with Gasteiger partial charge in [0.1, 0.15) is 0 Å². The summed E-state index contributed by atoms with van der Waals surface area (Å²) >= 11 is 6.07. The molecular weight excluding hydrogens is 524 g/mol. The smallest absolute Gasteiger partial charge is 0.230 e. The molecule has 2 aromatic rings. The third-order valence-electron chi connectivity index (χ3n) is 10.2. The SMILES string of the molecule is O=C1C(CCCN2CCC2)Cc2ccccc2N1C1CCN(C(=S)NC(c2ccccc2)C2CCCCCC2)CC1. The zero-order valence-electron chi connectivity index (χ0n) is 24.7. The molecule has 4 aliphatic rings. The van der Waals surface area contributed by atoms with Gasteiger partial charge in [-0.3, -0.25) is 4.79 Å². The molecule has 1 amide bonds. The number of carbonyl (C=O) groups excluding carboxylic acids is 1. The zero-order valence-corrected chi connectivity index (χ0v) is 25.5. The third kappa shape index (κ3) is 6.80. The number of fused-ring (bicyclic) bond motifs is 1. The Labute approximate surface area is 252 Å². The van der Waals surface area contributed by atoms with Crippen LogP contribution >= 0.6 is 12.2 Å². The van der Waals surface area contributed by atoms with Gasteiger partial charge in [0.2, 0.25) is 5.91 Å². The van der Waals surface area contributed by atoms with E-state index in [4.69, 9.17) is 12.2 Å². The Morgan fingerprint density at radius 2 is 1.56 bits per heavy atom. The van der Waals surface area contributed by atoms with Crippen LogP contribution in [0.5, 0.6) is 0 Å². The minimum absolute atomic E-state index is 0.109. The van der Waals surface area contributed by atoms with Gasteiger partial charge in [-0.15, -0.1) is 0 Å². The molecule has 0 spiro atoms. The largest absolute Gasteiger partial charge is 0.355 e. The minimum Gasteiger partial charge on any atom is -0.355 e. The molecule has 1 N–H and O–H groups in total. The molecule has 6 rings (SSSR count). The number of likely N-dealkylation sites (tertiary alicyclic amines) is 2. The van der Waals surface area contributed by atoms with Gasteiger partial charge in [-0.25, -0.2) is 0 Å². The number of anilines is 1. The van der Waals surface area contributed by atoms with Crippen molar-refractivity contribution in [3.8, 4) is 0 Å². The highest BCUT2D eigenvalue weighted by molar-refractivity contribution is 7.80. The van der Waals surface area contributed by atoms with Crippen molar-refractivity contribution in [1.29, 1.82) is 0 Å². The van der Waals surface area contributed by atoms with Crippen molar-refractivity contribution in [2.24, 2.45) is 11.8 Å². The van der Waals surface area contributed by atoms with Crippen molar-refractivity contribution in [2.45, 2.75) is 89.1 Å². The summed E-state index contributed by atoms with van der Waals surface area (Å²) in [5, 5.41) is 4.73. The minimum atomic E-state index is 0.109. The fourth-order valence-corrected chi connectivity index (χ4v) is 7.99. The van der Waals surface area contributed by atoms with Gasteiger partial charge >= 0.3 is 0 Å². The summed E-state index contributed by atoms with van der Waals surface area (Å²) in [5.41, 5.74) is 3.84. The number of carbonyl (C=O) groups is 1. The molecule has 1 saturated carbocycles. The maximum absolute atomic E-state index is 13.9. The van der Waals surface area contributed by atoms with Crippen LogP contribution in [0.4, 0.5) is 5.69 Å². The Morgan fingerprint density at radius 3 is 2.27 bits per heavy atom. The quantitative estimate of drug-likeness (QED) is 0.281. The van der Waals surface area contributed by atoms with Crippen molar-refractivity contribution in [1.82, 2.24) is 15.1 Å². The van der Waals surface area contributed by atoms with Gasteiger partial charge < -0.3 is 20.0 Å². The first-order valence-corrected chi connectivity index (χ1v) is 16.8. The molecule has 1 aliphatic carbocycles. The van der Waals surface area contributed by atoms with E-state index in [-0.39, 0.29) is 18.0 Å². The molecule has 2 unspecified atom stereocenters. The maximum Gasteiger partial charge on any atom is 0.230 e. The molecule has 2 aromatic carbocycles. The summed E-state index contributed by atoms with van der Waals surface area (Å²) in [6.07, 6.45) is 14.1. The zero-order chi connectivity index (χ0) is 28.0. The van der Waals surface area contributed by atoms with Gasteiger partial charge in [0.05, 0.1) is 6.04 Å². The normalized spacial score (nSPS) is 23.4. The highest BCUT2D eigenvalue weighted by atomic mass is 32.1. The molecule has 2 saturated heterocycles. The van der Waals surface area contributed by atoms with Crippen molar-refractivity contribution in [2.75, 3.05) is 37.6 Å². The van der Waals surface area contributed by atoms with Crippen LogP contribution in [0.1, 0.15) is 87.8 Å². The van der Waals surface area contributed by atoms with Crippen LogP contribution in [0, 0.1) is 11.8 Å². The van der Waals surface area contributed by atoms with Gasteiger partial charge in [0, 0.05) is 30.7 Å². The molecule has 3 fully saturated rings. The maximum atomic E-state index is 13.9. The Balaban J connectivity index is 1.10. The number of piperidine rings is 1. The molecule has 6 heteroatoms. The van der Waals surface area contributed by atoms with Crippen molar-refractivity contribution >= 4 is 28.9 Å². The van der Waals surface area contributed by atoms with Crippen molar-refractivity contribution in [3.63, 3.8) is 0 Å². The highest BCUT2D eigenvalue weighted by Gasteiger charge is 2.38. The molecular formula is C35H48N4OS. The summed E-state index contributed by atoms with van der Waals surface area (Å²) in [5.74, 6) is 1.08. The van der Waals surface area contributed by atoms with Gasteiger partial charge in [-0.1, -0.05) is 74.2 Å². The second-order valence-corrected chi connectivity index (χ2v) is 13.3. The topological polar surface area (TPSA) is 38.8 Å². The molecule has 0 radical (unpaired) electrons. The van der Waals surface area contributed by atoms with Crippen molar-refractivity contribution < 1.29 is 4.79 Å². The summed E-state index contributed by atoms with van der Waals surface area (Å²) < 4.78 is 0. The van der Waals surface area contributed by atoms with E-state index in [9.17, 15) is 4.79 Å². The average molecular weight is 573 g/mol.